The van der Waals surface area contributed by atoms with E-state index in [1.165, 1.54) is 4.88 Å². The van der Waals surface area contributed by atoms with Crippen molar-refractivity contribution in [2.45, 2.75) is 51.9 Å². The van der Waals surface area contributed by atoms with Crippen LogP contribution in [0, 0.1) is 12.8 Å². The van der Waals surface area contributed by atoms with Gasteiger partial charge in [0.25, 0.3) is 5.91 Å². The lowest BCUT2D eigenvalue weighted by Crippen LogP contribution is -2.14. The number of rotatable bonds is 4. The standard InChI is InChI=1S/C24H24N6OS/c1-13-6-9-17-19(11-13)32-24(27-17)28-23(31)16-12-18(15-7-8-15)26-22-21(16)14(2)29-30(22)20-5-3-4-10-25-20/h3-5,10,12-13,15H,6-9,11H2,1-2H3,(H,27,28,31). The molecule has 0 aliphatic heterocycles. The van der Waals surface area contributed by atoms with Gasteiger partial charge in [0.1, 0.15) is 0 Å². The molecular weight excluding hydrogens is 420 g/mol. The van der Waals surface area contributed by atoms with E-state index in [1.54, 1.807) is 22.2 Å². The lowest BCUT2D eigenvalue weighted by atomic mass is 9.93. The summed E-state index contributed by atoms with van der Waals surface area (Å²) in [7, 11) is 0. The van der Waals surface area contributed by atoms with E-state index in [4.69, 9.17) is 15.1 Å². The molecule has 1 N–H and O–H groups in total. The Morgan fingerprint density at radius 3 is 2.88 bits per heavy atom. The van der Waals surface area contributed by atoms with Gasteiger partial charge < -0.3 is 0 Å². The second-order valence-corrected chi connectivity index (χ2v) is 10.0. The molecule has 32 heavy (non-hydrogen) atoms. The Morgan fingerprint density at radius 1 is 1.22 bits per heavy atom. The predicted molar refractivity (Wildman–Crippen MR) is 125 cm³/mol. The molecule has 0 saturated heterocycles. The number of carbonyl (C=O) groups is 1. The van der Waals surface area contributed by atoms with Crippen molar-refractivity contribution in [1.29, 1.82) is 0 Å². The summed E-state index contributed by atoms with van der Waals surface area (Å²) in [5, 5.41) is 9.22. The van der Waals surface area contributed by atoms with Crippen LogP contribution in [0.5, 0.6) is 0 Å². The zero-order valence-electron chi connectivity index (χ0n) is 18.1. The summed E-state index contributed by atoms with van der Waals surface area (Å²) in [4.78, 5) is 28.8. The lowest BCUT2D eigenvalue weighted by molar-refractivity contribution is 0.102. The van der Waals surface area contributed by atoms with Gasteiger partial charge in [0, 0.05) is 22.7 Å². The molecule has 0 radical (unpaired) electrons. The molecule has 4 aromatic heterocycles. The third-order valence-corrected chi connectivity index (χ3v) is 7.38. The highest BCUT2D eigenvalue weighted by Gasteiger charge is 2.29. The Balaban J connectivity index is 1.43. The van der Waals surface area contributed by atoms with Crippen LogP contribution in [0.15, 0.2) is 30.5 Å². The van der Waals surface area contributed by atoms with Gasteiger partial charge in [-0.1, -0.05) is 13.0 Å². The van der Waals surface area contributed by atoms with Crippen LogP contribution in [0.4, 0.5) is 5.13 Å². The highest BCUT2D eigenvalue weighted by molar-refractivity contribution is 7.15. The number of fused-ring (bicyclic) bond motifs is 2. The van der Waals surface area contributed by atoms with Crippen molar-refractivity contribution in [3.63, 3.8) is 0 Å². The quantitative estimate of drug-likeness (QED) is 0.487. The molecule has 1 unspecified atom stereocenters. The van der Waals surface area contributed by atoms with Crippen LogP contribution in [0.25, 0.3) is 16.9 Å². The fourth-order valence-electron chi connectivity index (χ4n) is 4.47. The van der Waals surface area contributed by atoms with Crippen LogP contribution < -0.4 is 5.32 Å². The highest BCUT2D eigenvalue weighted by atomic mass is 32.1. The Morgan fingerprint density at radius 2 is 2.09 bits per heavy atom. The first-order chi connectivity index (χ1) is 15.6. The van der Waals surface area contributed by atoms with Gasteiger partial charge in [-0.2, -0.15) is 9.78 Å². The molecule has 1 fully saturated rings. The summed E-state index contributed by atoms with van der Waals surface area (Å²) in [6, 6.07) is 7.65. The number of nitrogens with one attached hydrogen (secondary N) is 1. The molecular formula is C24H24N6OS. The van der Waals surface area contributed by atoms with E-state index in [0.717, 1.165) is 54.6 Å². The van der Waals surface area contributed by atoms with Crippen LogP contribution in [-0.2, 0) is 12.8 Å². The summed E-state index contributed by atoms with van der Waals surface area (Å²) in [6.07, 6.45) is 7.14. The molecule has 8 heteroatoms. The summed E-state index contributed by atoms with van der Waals surface area (Å²) in [5.74, 6) is 1.63. The summed E-state index contributed by atoms with van der Waals surface area (Å²) < 4.78 is 1.75. The van der Waals surface area contributed by atoms with Crippen molar-refractivity contribution in [3.05, 3.63) is 58.0 Å². The van der Waals surface area contributed by atoms with E-state index >= 15 is 0 Å². The first-order valence-corrected chi connectivity index (χ1v) is 12.0. The minimum absolute atomic E-state index is 0.151. The van der Waals surface area contributed by atoms with Gasteiger partial charge in [-0.3, -0.25) is 10.1 Å². The van der Waals surface area contributed by atoms with E-state index in [-0.39, 0.29) is 5.91 Å². The Bertz CT molecular complexity index is 1340. The van der Waals surface area contributed by atoms with Crippen molar-refractivity contribution in [2.24, 2.45) is 5.92 Å². The number of aryl methyl sites for hydroxylation is 2. The summed E-state index contributed by atoms with van der Waals surface area (Å²) in [5.41, 5.74) is 4.15. The zero-order chi connectivity index (χ0) is 21.8. The molecule has 0 aromatic carbocycles. The molecule has 6 rings (SSSR count). The molecule has 1 saturated carbocycles. The fourth-order valence-corrected chi connectivity index (χ4v) is 5.64. The van der Waals surface area contributed by atoms with E-state index in [0.29, 0.717) is 34.0 Å². The van der Waals surface area contributed by atoms with Crippen LogP contribution >= 0.6 is 11.3 Å². The number of hydrogen-bond donors (Lipinski definition) is 1. The lowest BCUT2D eigenvalue weighted by Gasteiger charge is -2.15. The number of amides is 1. The molecule has 2 aliphatic carbocycles. The summed E-state index contributed by atoms with van der Waals surface area (Å²) in [6.45, 7) is 4.19. The van der Waals surface area contributed by atoms with E-state index < -0.39 is 0 Å². The number of aromatic nitrogens is 5. The van der Waals surface area contributed by atoms with Crippen molar-refractivity contribution in [3.8, 4) is 5.82 Å². The smallest absolute Gasteiger partial charge is 0.258 e. The monoisotopic (exact) mass is 444 g/mol. The number of hydrogen-bond acceptors (Lipinski definition) is 6. The minimum atomic E-state index is -0.151. The van der Waals surface area contributed by atoms with Gasteiger partial charge in [-0.25, -0.2) is 15.0 Å². The van der Waals surface area contributed by atoms with Gasteiger partial charge >= 0.3 is 0 Å². The minimum Gasteiger partial charge on any atom is -0.298 e. The normalized spacial score (nSPS) is 18.0. The Labute approximate surface area is 189 Å². The van der Waals surface area contributed by atoms with Crippen LogP contribution in [0.2, 0.25) is 0 Å². The van der Waals surface area contributed by atoms with Gasteiger partial charge in [-0.05, 0) is 63.1 Å². The average Bonchev–Trinajstić information content (AvgIpc) is 3.49. The molecule has 0 spiro atoms. The predicted octanol–water partition coefficient (Wildman–Crippen LogP) is 4.83. The number of anilines is 1. The van der Waals surface area contributed by atoms with Crippen molar-refractivity contribution < 1.29 is 4.79 Å². The summed E-state index contributed by atoms with van der Waals surface area (Å²) >= 11 is 1.61. The largest absolute Gasteiger partial charge is 0.298 e. The molecule has 0 bridgehead atoms. The van der Waals surface area contributed by atoms with Crippen LogP contribution in [0.1, 0.15) is 64.4 Å². The second-order valence-electron chi connectivity index (χ2n) is 8.94. The highest BCUT2D eigenvalue weighted by Crippen LogP contribution is 2.41. The Kier molecular flexibility index (Phi) is 4.57. The molecule has 2 aliphatic rings. The maximum Gasteiger partial charge on any atom is 0.258 e. The van der Waals surface area contributed by atoms with Gasteiger partial charge in [-0.15, -0.1) is 11.3 Å². The molecule has 4 heterocycles. The van der Waals surface area contributed by atoms with Crippen LogP contribution in [0.3, 0.4) is 0 Å². The number of thiazole rings is 1. The maximum absolute atomic E-state index is 13.5. The molecule has 1 amide bonds. The molecule has 162 valence electrons. The molecule has 4 aromatic rings. The topological polar surface area (TPSA) is 85.6 Å². The van der Waals surface area contributed by atoms with Crippen molar-refractivity contribution >= 4 is 33.4 Å². The average molecular weight is 445 g/mol. The zero-order valence-corrected chi connectivity index (χ0v) is 18.9. The van der Waals surface area contributed by atoms with Crippen molar-refractivity contribution in [1.82, 2.24) is 24.7 Å². The van der Waals surface area contributed by atoms with Gasteiger partial charge in [0.15, 0.2) is 16.6 Å². The first-order valence-electron chi connectivity index (χ1n) is 11.2. The Hall–Kier alpha value is -3.13. The SMILES string of the molecule is Cc1nn(-c2ccccn2)c2nc(C3CC3)cc(C(=O)Nc3nc4c(s3)CC(C)CC4)c12. The van der Waals surface area contributed by atoms with E-state index in [9.17, 15) is 4.79 Å². The third-order valence-electron chi connectivity index (χ3n) is 6.35. The molecule has 7 nitrogen and oxygen atoms in total. The number of carbonyl (C=O) groups excluding carboxylic acids is 1. The van der Waals surface area contributed by atoms with Crippen molar-refractivity contribution in [2.75, 3.05) is 5.32 Å². The number of pyridine rings is 2. The maximum atomic E-state index is 13.5. The number of nitrogens with zero attached hydrogens (tertiary/aromatic N) is 5. The molecule has 1 atom stereocenters. The van der Waals surface area contributed by atoms with E-state index in [2.05, 4.69) is 17.2 Å². The van der Waals surface area contributed by atoms with Gasteiger partial charge in [0.05, 0.1) is 22.3 Å². The fraction of sp³-hybridized carbons (Fsp3) is 0.375. The third kappa shape index (κ3) is 3.39. The first kappa shape index (κ1) is 19.5. The van der Waals surface area contributed by atoms with Crippen LogP contribution in [-0.4, -0.2) is 30.6 Å². The van der Waals surface area contributed by atoms with Gasteiger partial charge in [0.2, 0.25) is 0 Å². The second kappa shape index (κ2) is 7.48. The van der Waals surface area contributed by atoms with E-state index in [1.807, 2.05) is 31.2 Å².